The van der Waals surface area contributed by atoms with E-state index in [0.29, 0.717) is 19.6 Å². The number of rotatable bonds is 2. The van der Waals surface area contributed by atoms with Crippen LogP contribution in [0.1, 0.15) is 37.7 Å². The lowest BCUT2D eigenvalue weighted by atomic mass is 10.1. The van der Waals surface area contributed by atoms with Crippen molar-refractivity contribution in [3.05, 3.63) is 17.0 Å². The van der Waals surface area contributed by atoms with E-state index < -0.39 is 5.60 Å². The second kappa shape index (κ2) is 4.85. The van der Waals surface area contributed by atoms with Gasteiger partial charge in [-0.05, 0) is 27.3 Å². The Bertz CT molecular complexity index is 488. The zero-order chi connectivity index (χ0) is 14.2. The molecule has 0 atom stereocenters. The number of aromatic nitrogens is 2. The second-order valence-corrected chi connectivity index (χ2v) is 5.87. The van der Waals surface area contributed by atoms with Gasteiger partial charge in [-0.15, -0.1) is 0 Å². The lowest BCUT2D eigenvalue weighted by molar-refractivity contribution is 0.0239. The number of carbonyl (C=O) groups excluding carboxylic acids is 1. The molecule has 6 heteroatoms. The summed E-state index contributed by atoms with van der Waals surface area (Å²) in [7, 11) is 1.92. The lowest BCUT2D eigenvalue weighted by Gasteiger charge is -2.24. The number of hydrogen-bond donors (Lipinski definition) is 1. The van der Waals surface area contributed by atoms with E-state index >= 15 is 0 Å². The van der Waals surface area contributed by atoms with Crippen LogP contribution in [0.2, 0.25) is 0 Å². The van der Waals surface area contributed by atoms with Gasteiger partial charge in [0.2, 0.25) is 0 Å². The number of nitrogens with two attached hydrogens (primary N) is 1. The van der Waals surface area contributed by atoms with Crippen molar-refractivity contribution in [2.75, 3.05) is 6.54 Å². The van der Waals surface area contributed by atoms with Gasteiger partial charge in [-0.2, -0.15) is 5.10 Å². The predicted molar refractivity (Wildman–Crippen MR) is 71.4 cm³/mol. The van der Waals surface area contributed by atoms with Gasteiger partial charge in [0.05, 0.1) is 18.8 Å². The van der Waals surface area contributed by atoms with Crippen molar-refractivity contribution in [3.63, 3.8) is 0 Å². The number of aryl methyl sites for hydroxylation is 1. The molecule has 0 saturated carbocycles. The SMILES string of the molecule is Cn1nc2c(c1CCN)CN(C(=O)OC(C)(C)C)C2. The molecule has 6 nitrogen and oxygen atoms in total. The molecule has 1 amide bonds. The number of carbonyl (C=O) groups is 1. The Hall–Kier alpha value is -1.56. The van der Waals surface area contributed by atoms with Crippen LogP contribution in [0.4, 0.5) is 4.79 Å². The molecule has 106 valence electrons. The molecule has 1 aliphatic rings. The lowest BCUT2D eigenvalue weighted by Crippen LogP contribution is -2.33. The molecule has 0 spiro atoms. The predicted octanol–water partition coefficient (Wildman–Crippen LogP) is 1.17. The summed E-state index contributed by atoms with van der Waals surface area (Å²) in [4.78, 5) is 13.7. The number of hydrogen-bond acceptors (Lipinski definition) is 4. The summed E-state index contributed by atoms with van der Waals surface area (Å²) in [5, 5.41) is 4.45. The van der Waals surface area contributed by atoms with Gasteiger partial charge < -0.3 is 10.5 Å². The zero-order valence-electron chi connectivity index (χ0n) is 12.1. The van der Waals surface area contributed by atoms with E-state index in [2.05, 4.69) is 5.10 Å². The van der Waals surface area contributed by atoms with Crippen molar-refractivity contribution < 1.29 is 9.53 Å². The number of nitrogens with zero attached hydrogens (tertiary/aromatic N) is 3. The minimum Gasteiger partial charge on any atom is -0.444 e. The molecule has 0 aromatic carbocycles. The monoisotopic (exact) mass is 266 g/mol. The van der Waals surface area contributed by atoms with E-state index in [1.54, 1.807) is 4.90 Å². The molecule has 1 aliphatic heterocycles. The quantitative estimate of drug-likeness (QED) is 0.872. The Kier molecular flexibility index (Phi) is 3.54. The van der Waals surface area contributed by atoms with Gasteiger partial charge in [-0.1, -0.05) is 0 Å². The van der Waals surface area contributed by atoms with Gasteiger partial charge in [-0.25, -0.2) is 4.79 Å². The average molecular weight is 266 g/mol. The molecule has 2 heterocycles. The maximum atomic E-state index is 12.0. The van der Waals surface area contributed by atoms with Crippen molar-refractivity contribution in [1.29, 1.82) is 0 Å². The standard InChI is InChI=1S/C13H22N4O2/c1-13(2,3)19-12(18)17-7-9-10(8-17)15-16(4)11(9)5-6-14/h5-8,14H2,1-4H3. The van der Waals surface area contributed by atoms with Gasteiger partial charge in [0.1, 0.15) is 5.60 Å². The van der Waals surface area contributed by atoms with Crippen LogP contribution in [0.25, 0.3) is 0 Å². The molecule has 1 aromatic heterocycles. The fourth-order valence-electron chi connectivity index (χ4n) is 2.31. The Morgan fingerprint density at radius 3 is 2.68 bits per heavy atom. The fourth-order valence-corrected chi connectivity index (χ4v) is 2.31. The van der Waals surface area contributed by atoms with Gasteiger partial charge in [0.25, 0.3) is 0 Å². The largest absolute Gasteiger partial charge is 0.444 e. The summed E-state index contributed by atoms with van der Waals surface area (Å²) in [6.45, 7) is 7.26. The summed E-state index contributed by atoms with van der Waals surface area (Å²) in [5.41, 5.74) is 8.34. The number of amides is 1. The van der Waals surface area contributed by atoms with Crippen LogP contribution < -0.4 is 5.73 Å². The highest BCUT2D eigenvalue weighted by molar-refractivity contribution is 5.69. The van der Waals surface area contributed by atoms with E-state index in [1.807, 2.05) is 32.5 Å². The first-order chi connectivity index (χ1) is 8.81. The first-order valence-corrected chi connectivity index (χ1v) is 6.53. The molecular weight excluding hydrogens is 244 g/mol. The minimum absolute atomic E-state index is 0.285. The molecule has 19 heavy (non-hydrogen) atoms. The van der Waals surface area contributed by atoms with Crippen molar-refractivity contribution in [1.82, 2.24) is 14.7 Å². The van der Waals surface area contributed by atoms with Crippen LogP contribution in [0.15, 0.2) is 0 Å². The summed E-state index contributed by atoms with van der Waals surface area (Å²) < 4.78 is 7.25. The first kappa shape index (κ1) is 13.9. The van der Waals surface area contributed by atoms with Crippen LogP contribution in [0.5, 0.6) is 0 Å². The molecule has 0 saturated heterocycles. The van der Waals surface area contributed by atoms with Crippen LogP contribution in [0.3, 0.4) is 0 Å². The van der Waals surface area contributed by atoms with E-state index in [1.165, 1.54) is 0 Å². The second-order valence-electron chi connectivity index (χ2n) is 5.87. The summed E-state index contributed by atoms with van der Waals surface area (Å²) in [6.07, 6.45) is 0.493. The molecule has 0 fully saturated rings. The summed E-state index contributed by atoms with van der Waals surface area (Å²) in [5.74, 6) is 0. The van der Waals surface area contributed by atoms with Gasteiger partial charge >= 0.3 is 6.09 Å². The topological polar surface area (TPSA) is 73.4 Å². The van der Waals surface area contributed by atoms with Crippen molar-refractivity contribution in [2.45, 2.75) is 45.9 Å². The van der Waals surface area contributed by atoms with E-state index in [9.17, 15) is 4.79 Å². The fraction of sp³-hybridized carbons (Fsp3) is 0.692. The molecule has 0 aliphatic carbocycles. The Morgan fingerprint density at radius 2 is 2.11 bits per heavy atom. The summed E-state index contributed by atoms with van der Waals surface area (Å²) in [6, 6.07) is 0. The van der Waals surface area contributed by atoms with Crippen molar-refractivity contribution in [2.24, 2.45) is 12.8 Å². The third-order valence-corrected chi connectivity index (χ3v) is 3.08. The molecule has 0 bridgehead atoms. The highest BCUT2D eigenvalue weighted by Crippen LogP contribution is 2.26. The normalized spacial score (nSPS) is 14.7. The molecule has 2 rings (SSSR count). The molecule has 0 unspecified atom stereocenters. The number of ether oxygens (including phenoxy) is 1. The molecule has 2 N–H and O–H groups in total. The Labute approximate surface area is 113 Å². The maximum Gasteiger partial charge on any atom is 0.410 e. The van der Waals surface area contributed by atoms with Gasteiger partial charge in [-0.3, -0.25) is 9.58 Å². The highest BCUT2D eigenvalue weighted by Gasteiger charge is 2.31. The highest BCUT2D eigenvalue weighted by atomic mass is 16.6. The molecule has 1 aromatic rings. The number of fused-ring (bicyclic) bond motifs is 1. The van der Waals surface area contributed by atoms with Crippen LogP contribution in [-0.2, 0) is 31.3 Å². The smallest absolute Gasteiger partial charge is 0.410 e. The van der Waals surface area contributed by atoms with Crippen LogP contribution in [0, 0.1) is 0 Å². The third-order valence-electron chi connectivity index (χ3n) is 3.08. The summed E-state index contributed by atoms with van der Waals surface area (Å²) >= 11 is 0. The van der Waals surface area contributed by atoms with E-state index in [-0.39, 0.29) is 6.09 Å². The first-order valence-electron chi connectivity index (χ1n) is 6.53. The van der Waals surface area contributed by atoms with E-state index in [0.717, 1.165) is 23.4 Å². The Morgan fingerprint density at radius 1 is 1.42 bits per heavy atom. The van der Waals surface area contributed by atoms with Crippen molar-refractivity contribution in [3.8, 4) is 0 Å². The van der Waals surface area contributed by atoms with E-state index in [4.69, 9.17) is 10.5 Å². The van der Waals surface area contributed by atoms with Crippen LogP contribution >= 0.6 is 0 Å². The maximum absolute atomic E-state index is 12.0. The molecular formula is C13H22N4O2. The third kappa shape index (κ3) is 2.89. The Balaban J connectivity index is 2.10. The average Bonchev–Trinajstić information content (AvgIpc) is 2.77. The van der Waals surface area contributed by atoms with Gasteiger partial charge in [0.15, 0.2) is 0 Å². The zero-order valence-corrected chi connectivity index (χ0v) is 12.1. The van der Waals surface area contributed by atoms with Crippen molar-refractivity contribution >= 4 is 6.09 Å². The van der Waals surface area contributed by atoms with Gasteiger partial charge in [0, 0.05) is 24.7 Å². The molecule has 0 radical (unpaired) electrons. The minimum atomic E-state index is -0.470. The van der Waals surface area contributed by atoms with Crippen LogP contribution in [-0.4, -0.2) is 32.9 Å².